The third kappa shape index (κ3) is 6.77. The van der Waals surface area contributed by atoms with Crippen molar-refractivity contribution in [3.05, 3.63) is 65.7 Å². The second-order valence-corrected chi connectivity index (χ2v) is 8.60. The number of esters is 1. The minimum absolute atomic E-state index is 0.194. The Kier molecular flexibility index (Phi) is 8.96. The first-order valence-corrected chi connectivity index (χ1v) is 11.6. The molecule has 8 heteroatoms. The summed E-state index contributed by atoms with van der Waals surface area (Å²) in [5.41, 5.74) is 2.33. The van der Waals surface area contributed by atoms with E-state index < -0.39 is 28.5 Å². The van der Waals surface area contributed by atoms with Crippen molar-refractivity contribution in [3.63, 3.8) is 0 Å². The lowest BCUT2D eigenvalue weighted by molar-refractivity contribution is -0.142. The minimum Gasteiger partial charge on any atom is -0.452 e. The molecule has 0 spiro atoms. The Bertz CT molecular complexity index is 1030. The maximum atomic E-state index is 12.5. The number of ether oxygens (including phenoxy) is 1. The number of nitrogens with one attached hydrogen (secondary N) is 1. The summed E-state index contributed by atoms with van der Waals surface area (Å²) in [7, 11) is -3.53. The standard InChI is InChI=1S/C23H28N2O5S/c1-4-19-9-7-8-10-21(19)24-22(26)17-30-23(27)16-13-18-11-14-20(15-12-18)31(28,29)25(5-2)6-3/h7-16H,4-6,17H2,1-3H3,(H,24,26)/b16-13+. The Morgan fingerprint density at radius 3 is 2.26 bits per heavy atom. The molecule has 166 valence electrons. The number of nitrogens with zero attached hydrogens (tertiary/aromatic N) is 1. The number of anilines is 1. The van der Waals surface area contributed by atoms with Gasteiger partial charge in [0.05, 0.1) is 4.90 Å². The van der Waals surface area contributed by atoms with Crippen LogP contribution in [0.5, 0.6) is 0 Å². The van der Waals surface area contributed by atoms with Crippen molar-refractivity contribution in [1.82, 2.24) is 4.31 Å². The van der Waals surface area contributed by atoms with Crippen molar-refractivity contribution in [1.29, 1.82) is 0 Å². The average molecular weight is 445 g/mol. The van der Waals surface area contributed by atoms with E-state index in [1.54, 1.807) is 32.0 Å². The number of hydrogen-bond donors (Lipinski definition) is 1. The molecular weight excluding hydrogens is 416 g/mol. The molecule has 1 N–H and O–H groups in total. The zero-order valence-corrected chi connectivity index (χ0v) is 18.8. The predicted molar refractivity (Wildman–Crippen MR) is 121 cm³/mol. The second kappa shape index (κ2) is 11.4. The van der Waals surface area contributed by atoms with Gasteiger partial charge in [0.15, 0.2) is 6.61 Å². The number of hydrogen-bond acceptors (Lipinski definition) is 5. The number of aryl methyl sites for hydroxylation is 1. The first-order valence-electron chi connectivity index (χ1n) is 10.1. The van der Waals surface area contributed by atoms with Crippen LogP contribution in [-0.2, 0) is 30.8 Å². The number of amides is 1. The molecule has 0 unspecified atom stereocenters. The third-order valence-electron chi connectivity index (χ3n) is 4.65. The van der Waals surface area contributed by atoms with Crippen LogP contribution in [0.4, 0.5) is 5.69 Å². The lowest BCUT2D eigenvalue weighted by Gasteiger charge is -2.18. The first-order chi connectivity index (χ1) is 14.8. The highest BCUT2D eigenvalue weighted by atomic mass is 32.2. The van der Waals surface area contributed by atoms with Gasteiger partial charge in [0.1, 0.15) is 0 Å². The maximum absolute atomic E-state index is 12.5. The number of para-hydroxylation sites is 1. The van der Waals surface area contributed by atoms with Crippen molar-refractivity contribution in [2.45, 2.75) is 32.1 Å². The molecule has 1 amide bonds. The maximum Gasteiger partial charge on any atom is 0.331 e. The largest absolute Gasteiger partial charge is 0.452 e. The zero-order chi connectivity index (χ0) is 22.9. The van der Waals surface area contributed by atoms with Gasteiger partial charge < -0.3 is 10.1 Å². The van der Waals surface area contributed by atoms with E-state index in [-0.39, 0.29) is 4.90 Å². The topological polar surface area (TPSA) is 92.8 Å². The monoisotopic (exact) mass is 444 g/mol. The van der Waals surface area contributed by atoms with E-state index in [2.05, 4.69) is 5.32 Å². The van der Waals surface area contributed by atoms with Crippen LogP contribution in [0, 0.1) is 0 Å². The fraction of sp³-hybridized carbons (Fsp3) is 0.304. The predicted octanol–water partition coefficient (Wildman–Crippen LogP) is 3.47. The molecule has 0 aromatic heterocycles. The highest BCUT2D eigenvalue weighted by Gasteiger charge is 2.20. The number of sulfonamides is 1. The molecule has 31 heavy (non-hydrogen) atoms. The quantitative estimate of drug-likeness (QED) is 0.447. The molecule has 0 heterocycles. The summed E-state index contributed by atoms with van der Waals surface area (Å²) in [6, 6.07) is 13.6. The SMILES string of the molecule is CCc1ccccc1NC(=O)COC(=O)/C=C/c1ccc(S(=O)(=O)N(CC)CC)cc1. The van der Waals surface area contributed by atoms with Gasteiger partial charge in [-0.2, -0.15) is 4.31 Å². The Morgan fingerprint density at radius 1 is 1.00 bits per heavy atom. The lowest BCUT2D eigenvalue weighted by Crippen LogP contribution is -2.30. The van der Waals surface area contributed by atoms with Gasteiger partial charge in [0.2, 0.25) is 10.0 Å². The van der Waals surface area contributed by atoms with Crippen molar-refractivity contribution in [2.24, 2.45) is 0 Å². The van der Waals surface area contributed by atoms with Crippen LogP contribution in [0.2, 0.25) is 0 Å². The molecule has 0 radical (unpaired) electrons. The Morgan fingerprint density at radius 2 is 1.65 bits per heavy atom. The average Bonchev–Trinajstić information content (AvgIpc) is 2.77. The molecule has 2 rings (SSSR count). The molecule has 0 saturated carbocycles. The van der Waals surface area contributed by atoms with Gasteiger partial charge in [-0.15, -0.1) is 0 Å². The summed E-state index contributed by atoms with van der Waals surface area (Å²) in [6.07, 6.45) is 3.47. The number of benzene rings is 2. The summed E-state index contributed by atoms with van der Waals surface area (Å²) in [5, 5.41) is 2.73. The summed E-state index contributed by atoms with van der Waals surface area (Å²) >= 11 is 0. The van der Waals surface area contributed by atoms with E-state index in [1.165, 1.54) is 28.6 Å². The van der Waals surface area contributed by atoms with Crippen LogP contribution >= 0.6 is 0 Å². The lowest BCUT2D eigenvalue weighted by atomic mass is 10.1. The van der Waals surface area contributed by atoms with E-state index in [1.807, 2.05) is 25.1 Å². The molecule has 0 saturated heterocycles. The molecule has 0 atom stereocenters. The smallest absolute Gasteiger partial charge is 0.331 e. The molecule has 0 bridgehead atoms. The first kappa shape index (κ1) is 24.3. The van der Waals surface area contributed by atoms with Gasteiger partial charge in [-0.3, -0.25) is 4.79 Å². The van der Waals surface area contributed by atoms with Gasteiger partial charge in [-0.1, -0.05) is 51.1 Å². The van der Waals surface area contributed by atoms with E-state index >= 15 is 0 Å². The third-order valence-corrected chi connectivity index (χ3v) is 6.72. The van der Waals surface area contributed by atoms with Crippen molar-refractivity contribution < 1.29 is 22.7 Å². The van der Waals surface area contributed by atoms with Crippen molar-refractivity contribution in [2.75, 3.05) is 25.0 Å². The van der Waals surface area contributed by atoms with Crippen LogP contribution in [-0.4, -0.2) is 44.3 Å². The molecule has 7 nitrogen and oxygen atoms in total. The molecule has 0 aliphatic heterocycles. The molecule has 2 aromatic rings. The Hall–Kier alpha value is -2.97. The molecule has 0 fully saturated rings. The molecule has 2 aromatic carbocycles. The summed E-state index contributed by atoms with van der Waals surface area (Å²) < 4.78 is 31.3. The summed E-state index contributed by atoms with van der Waals surface area (Å²) in [6.45, 7) is 5.94. The Balaban J connectivity index is 1.91. The second-order valence-electron chi connectivity index (χ2n) is 6.66. The van der Waals surface area contributed by atoms with Crippen LogP contribution in [0.15, 0.2) is 59.5 Å². The number of rotatable bonds is 10. The zero-order valence-electron chi connectivity index (χ0n) is 18.0. The fourth-order valence-electron chi connectivity index (χ4n) is 2.95. The van der Waals surface area contributed by atoms with E-state index in [0.717, 1.165) is 12.0 Å². The summed E-state index contributed by atoms with van der Waals surface area (Å²) in [5.74, 6) is -1.09. The van der Waals surface area contributed by atoms with Gasteiger partial charge in [-0.25, -0.2) is 13.2 Å². The fourth-order valence-corrected chi connectivity index (χ4v) is 4.41. The van der Waals surface area contributed by atoms with Gasteiger partial charge in [0, 0.05) is 24.9 Å². The van der Waals surface area contributed by atoms with Gasteiger partial charge in [0.25, 0.3) is 5.91 Å². The van der Waals surface area contributed by atoms with E-state index in [9.17, 15) is 18.0 Å². The molecule has 0 aliphatic carbocycles. The summed E-state index contributed by atoms with van der Waals surface area (Å²) in [4.78, 5) is 24.1. The van der Waals surface area contributed by atoms with E-state index in [0.29, 0.717) is 24.3 Å². The number of carbonyl (C=O) groups is 2. The Labute approximate surface area is 183 Å². The van der Waals surface area contributed by atoms with Gasteiger partial charge >= 0.3 is 5.97 Å². The molecule has 0 aliphatic rings. The van der Waals surface area contributed by atoms with Crippen LogP contribution in [0.1, 0.15) is 31.9 Å². The van der Waals surface area contributed by atoms with Gasteiger partial charge in [-0.05, 0) is 41.8 Å². The minimum atomic E-state index is -3.53. The van der Waals surface area contributed by atoms with Crippen LogP contribution in [0.3, 0.4) is 0 Å². The van der Waals surface area contributed by atoms with Crippen LogP contribution < -0.4 is 5.32 Å². The van der Waals surface area contributed by atoms with E-state index in [4.69, 9.17) is 4.74 Å². The van der Waals surface area contributed by atoms with Crippen molar-refractivity contribution >= 4 is 33.7 Å². The van der Waals surface area contributed by atoms with Crippen LogP contribution in [0.25, 0.3) is 6.08 Å². The van der Waals surface area contributed by atoms with Crippen molar-refractivity contribution in [3.8, 4) is 0 Å². The molecular formula is C23H28N2O5S. The highest BCUT2D eigenvalue weighted by molar-refractivity contribution is 7.89. The highest BCUT2D eigenvalue weighted by Crippen LogP contribution is 2.17. The normalized spacial score (nSPS) is 11.6. The number of carbonyl (C=O) groups excluding carboxylic acids is 2.